The minimum Gasteiger partial charge on any atom is -0.489 e. The smallest absolute Gasteiger partial charge is 0.253 e. The Hall–Kier alpha value is -2.87. The number of halogens is 1. The third kappa shape index (κ3) is 3.83. The molecular weight excluding hydrogens is 283 g/mol. The summed E-state index contributed by atoms with van der Waals surface area (Å²) in [7, 11) is 1.63. The fraction of sp³-hybridized carbons (Fsp3) is 0.176. The highest BCUT2D eigenvalue weighted by atomic mass is 19.1. The van der Waals surface area contributed by atoms with Crippen LogP contribution in [0, 0.1) is 17.1 Å². The average Bonchev–Trinajstić information content (AvgIpc) is 2.55. The summed E-state index contributed by atoms with van der Waals surface area (Å²) in [6.45, 7) is 0.491. The quantitative estimate of drug-likeness (QED) is 0.853. The monoisotopic (exact) mass is 298 g/mol. The van der Waals surface area contributed by atoms with Crippen LogP contribution < -0.4 is 4.74 Å². The summed E-state index contributed by atoms with van der Waals surface area (Å²) in [4.78, 5) is 13.7. The molecule has 2 aromatic rings. The largest absolute Gasteiger partial charge is 0.489 e. The van der Waals surface area contributed by atoms with Gasteiger partial charge in [-0.05, 0) is 30.3 Å². The van der Waals surface area contributed by atoms with Crippen molar-refractivity contribution >= 4 is 5.91 Å². The van der Waals surface area contributed by atoms with Crippen LogP contribution in [-0.2, 0) is 0 Å². The third-order valence-electron chi connectivity index (χ3n) is 3.11. The number of nitriles is 1. The predicted molar refractivity (Wildman–Crippen MR) is 80.0 cm³/mol. The summed E-state index contributed by atoms with van der Waals surface area (Å²) in [5.41, 5.74) is 0.870. The highest BCUT2D eigenvalue weighted by molar-refractivity contribution is 5.94. The van der Waals surface area contributed by atoms with E-state index in [0.29, 0.717) is 17.7 Å². The molecule has 0 aliphatic heterocycles. The lowest BCUT2D eigenvalue weighted by atomic mass is 10.1. The van der Waals surface area contributed by atoms with Crippen molar-refractivity contribution in [2.45, 2.75) is 0 Å². The standard InChI is InChI=1S/C17H15FN2O2/c1-20(9-10-22-16-8-3-2-7-15(16)18)17(21)14-6-4-5-13(11-14)12-19/h2-8,11H,9-10H2,1H3. The minimum atomic E-state index is -0.432. The van der Waals surface area contributed by atoms with E-state index in [0.717, 1.165) is 0 Å². The Morgan fingerprint density at radius 1 is 1.27 bits per heavy atom. The SMILES string of the molecule is CN(CCOc1ccccc1F)C(=O)c1cccc(C#N)c1. The van der Waals surface area contributed by atoms with E-state index in [-0.39, 0.29) is 18.3 Å². The number of likely N-dealkylation sites (N-methyl/N-ethyl adjacent to an activating group) is 1. The van der Waals surface area contributed by atoms with Gasteiger partial charge >= 0.3 is 0 Å². The Morgan fingerprint density at radius 2 is 2.05 bits per heavy atom. The van der Waals surface area contributed by atoms with Crippen LogP contribution in [0.15, 0.2) is 48.5 Å². The Labute approximate surface area is 128 Å². The molecule has 0 N–H and O–H groups in total. The van der Waals surface area contributed by atoms with Gasteiger partial charge in [-0.1, -0.05) is 18.2 Å². The van der Waals surface area contributed by atoms with E-state index in [1.165, 1.54) is 23.1 Å². The molecule has 112 valence electrons. The molecule has 0 aromatic heterocycles. The Kier molecular flexibility index (Phi) is 5.10. The van der Waals surface area contributed by atoms with Crippen molar-refractivity contribution in [2.75, 3.05) is 20.2 Å². The van der Waals surface area contributed by atoms with Gasteiger partial charge in [-0.15, -0.1) is 0 Å². The van der Waals surface area contributed by atoms with Gasteiger partial charge < -0.3 is 9.64 Å². The van der Waals surface area contributed by atoms with Crippen molar-refractivity contribution < 1.29 is 13.9 Å². The van der Waals surface area contributed by atoms with Crippen molar-refractivity contribution in [3.8, 4) is 11.8 Å². The lowest BCUT2D eigenvalue weighted by molar-refractivity contribution is 0.0773. The van der Waals surface area contributed by atoms with E-state index in [1.807, 2.05) is 6.07 Å². The molecular formula is C17H15FN2O2. The number of ether oxygens (including phenoxy) is 1. The maximum atomic E-state index is 13.4. The molecule has 0 saturated carbocycles. The van der Waals surface area contributed by atoms with Crippen LogP contribution in [0.4, 0.5) is 4.39 Å². The van der Waals surface area contributed by atoms with Crippen LogP contribution in [-0.4, -0.2) is 31.0 Å². The van der Waals surface area contributed by atoms with Crippen LogP contribution in [0.5, 0.6) is 5.75 Å². The zero-order valence-electron chi connectivity index (χ0n) is 12.1. The summed E-state index contributed by atoms with van der Waals surface area (Å²) in [5, 5.41) is 8.85. The Bertz CT molecular complexity index is 710. The van der Waals surface area contributed by atoms with Crippen molar-refractivity contribution in [3.05, 3.63) is 65.5 Å². The molecule has 0 saturated heterocycles. The topological polar surface area (TPSA) is 53.3 Å². The number of benzene rings is 2. The molecule has 4 nitrogen and oxygen atoms in total. The molecule has 0 aliphatic carbocycles. The number of amides is 1. The summed E-state index contributed by atoms with van der Waals surface area (Å²) < 4.78 is 18.7. The highest BCUT2D eigenvalue weighted by Crippen LogP contribution is 2.15. The van der Waals surface area contributed by atoms with Crippen LogP contribution in [0.2, 0.25) is 0 Å². The van der Waals surface area contributed by atoms with E-state index in [4.69, 9.17) is 10.00 Å². The van der Waals surface area contributed by atoms with Gasteiger partial charge in [0.15, 0.2) is 11.6 Å². The number of para-hydroxylation sites is 1. The first-order chi connectivity index (χ1) is 10.6. The van der Waals surface area contributed by atoms with Crippen LogP contribution in [0.3, 0.4) is 0 Å². The second-order valence-electron chi connectivity index (χ2n) is 4.70. The first-order valence-electron chi connectivity index (χ1n) is 6.75. The molecule has 0 spiro atoms. The summed E-state index contributed by atoms with van der Waals surface area (Å²) in [5.74, 6) is -0.484. The average molecular weight is 298 g/mol. The first-order valence-corrected chi connectivity index (χ1v) is 6.75. The van der Waals surface area contributed by atoms with Gasteiger partial charge in [-0.2, -0.15) is 5.26 Å². The maximum absolute atomic E-state index is 13.4. The lowest BCUT2D eigenvalue weighted by Gasteiger charge is -2.17. The van der Waals surface area contributed by atoms with Crippen molar-refractivity contribution in [1.29, 1.82) is 5.26 Å². The normalized spacial score (nSPS) is 9.86. The highest BCUT2D eigenvalue weighted by Gasteiger charge is 2.12. The van der Waals surface area contributed by atoms with Gasteiger partial charge in [0, 0.05) is 12.6 Å². The second-order valence-corrected chi connectivity index (χ2v) is 4.70. The Morgan fingerprint density at radius 3 is 2.77 bits per heavy atom. The molecule has 22 heavy (non-hydrogen) atoms. The van der Waals surface area contributed by atoms with Gasteiger partial charge in [0.05, 0.1) is 18.2 Å². The van der Waals surface area contributed by atoms with Gasteiger partial charge in [-0.25, -0.2) is 4.39 Å². The number of hydrogen-bond donors (Lipinski definition) is 0. The minimum absolute atomic E-state index is 0.162. The van der Waals surface area contributed by atoms with Gasteiger partial charge in [0.2, 0.25) is 0 Å². The van der Waals surface area contributed by atoms with Gasteiger partial charge in [0.1, 0.15) is 6.61 Å². The van der Waals surface area contributed by atoms with E-state index in [9.17, 15) is 9.18 Å². The number of carbonyl (C=O) groups is 1. The molecule has 2 rings (SSSR count). The van der Waals surface area contributed by atoms with E-state index >= 15 is 0 Å². The number of carbonyl (C=O) groups excluding carboxylic acids is 1. The molecule has 0 atom stereocenters. The van der Waals surface area contributed by atoms with Crippen molar-refractivity contribution in [2.24, 2.45) is 0 Å². The lowest BCUT2D eigenvalue weighted by Crippen LogP contribution is -2.31. The fourth-order valence-electron chi connectivity index (χ4n) is 1.90. The van der Waals surface area contributed by atoms with E-state index in [2.05, 4.69) is 0 Å². The zero-order valence-corrected chi connectivity index (χ0v) is 12.1. The molecule has 0 unspecified atom stereocenters. The molecule has 1 amide bonds. The molecule has 0 bridgehead atoms. The summed E-state index contributed by atoms with van der Waals surface area (Å²) in [6.07, 6.45) is 0. The molecule has 0 aliphatic rings. The Balaban J connectivity index is 1.92. The van der Waals surface area contributed by atoms with E-state index in [1.54, 1.807) is 37.4 Å². The number of rotatable bonds is 5. The third-order valence-corrected chi connectivity index (χ3v) is 3.11. The number of nitrogens with zero attached hydrogens (tertiary/aromatic N) is 2. The first kappa shape index (κ1) is 15.5. The maximum Gasteiger partial charge on any atom is 0.253 e. The molecule has 2 aromatic carbocycles. The molecule has 0 radical (unpaired) electrons. The van der Waals surface area contributed by atoms with Gasteiger partial charge in [0.25, 0.3) is 5.91 Å². The predicted octanol–water partition coefficient (Wildman–Crippen LogP) is 2.85. The summed E-state index contributed by atoms with van der Waals surface area (Å²) in [6, 6.07) is 14.6. The van der Waals surface area contributed by atoms with Crippen LogP contribution >= 0.6 is 0 Å². The fourth-order valence-corrected chi connectivity index (χ4v) is 1.90. The summed E-state index contributed by atoms with van der Waals surface area (Å²) >= 11 is 0. The second kappa shape index (κ2) is 7.23. The number of hydrogen-bond acceptors (Lipinski definition) is 3. The molecule has 5 heteroatoms. The van der Waals surface area contributed by atoms with Crippen LogP contribution in [0.1, 0.15) is 15.9 Å². The van der Waals surface area contributed by atoms with Crippen molar-refractivity contribution in [1.82, 2.24) is 4.90 Å². The van der Waals surface area contributed by atoms with Gasteiger partial charge in [-0.3, -0.25) is 4.79 Å². The van der Waals surface area contributed by atoms with Crippen LogP contribution in [0.25, 0.3) is 0 Å². The molecule has 0 heterocycles. The zero-order chi connectivity index (χ0) is 15.9. The van der Waals surface area contributed by atoms with E-state index < -0.39 is 5.82 Å². The molecule has 0 fully saturated rings. The van der Waals surface area contributed by atoms with Crippen molar-refractivity contribution in [3.63, 3.8) is 0 Å².